The van der Waals surface area contributed by atoms with Gasteiger partial charge in [-0.2, -0.15) is 5.26 Å². The van der Waals surface area contributed by atoms with E-state index in [4.69, 9.17) is 10.00 Å². The van der Waals surface area contributed by atoms with Crippen LogP contribution in [0.5, 0.6) is 5.75 Å². The van der Waals surface area contributed by atoms with E-state index in [1.165, 1.54) is 11.8 Å². The molecule has 0 spiro atoms. The predicted octanol–water partition coefficient (Wildman–Crippen LogP) is 3.16. The van der Waals surface area contributed by atoms with Crippen molar-refractivity contribution in [2.45, 2.75) is 6.92 Å². The maximum atomic E-state index is 8.83. The van der Waals surface area contributed by atoms with Crippen molar-refractivity contribution >= 4 is 33.7 Å². The molecule has 0 aliphatic heterocycles. The fraction of sp³-hybridized carbons (Fsp3) is 0.176. The van der Waals surface area contributed by atoms with Crippen molar-refractivity contribution in [3.05, 3.63) is 42.0 Å². The number of ether oxygens (including phenoxy) is 1. The lowest BCUT2D eigenvalue weighted by molar-refractivity contribution is 0.411. The number of hydrogen-bond donors (Lipinski definition) is 1. The molecule has 0 bridgehead atoms. The van der Waals surface area contributed by atoms with Gasteiger partial charge >= 0.3 is 0 Å². The first-order chi connectivity index (χ1) is 12.2. The zero-order chi connectivity index (χ0) is 17.8. The summed E-state index contributed by atoms with van der Waals surface area (Å²) in [6.45, 7) is 1.96. The first kappa shape index (κ1) is 16.8. The number of nitrogens with zero attached hydrogens (tertiary/aromatic N) is 5. The topological polar surface area (TPSA) is 88.1 Å². The molecule has 25 heavy (non-hydrogen) atoms. The summed E-state index contributed by atoms with van der Waals surface area (Å²) in [7, 11) is 1.58. The van der Waals surface area contributed by atoms with Gasteiger partial charge in [0.25, 0.3) is 0 Å². The zero-order valence-corrected chi connectivity index (χ0v) is 14.8. The number of hydrogen-bond acceptors (Lipinski definition) is 6. The number of benzene rings is 2. The first-order valence-electron chi connectivity index (χ1n) is 7.45. The molecule has 0 radical (unpaired) electrons. The van der Waals surface area contributed by atoms with E-state index in [9.17, 15) is 0 Å². The minimum Gasteiger partial charge on any atom is -0.492 e. The van der Waals surface area contributed by atoms with Gasteiger partial charge in [0.1, 0.15) is 22.4 Å². The molecule has 1 N–H and O–H groups in total. The average molecular weight is 352 g/mol. The summed E-state index contributed by atoms with van der Waals surface area (Å²) in [6, 6.07) is 11.5. The molecule has 8 heteroatoms. The van der Waals surface area contributed by atoms with Crippen molar-refractivity contribution in [1.82, 2.24) is 20.3 Å². The van der Waals surface area contributed by atoms with Crippen molar-refractivity contribution in [2.75, 3.05) is 13.4 Å². The normalized spacial score (nSPS) is 11.4. The number of amidine groups is 1. The van der Waals surface area contributed by atoms with Gasteiger partial charge in [0.15, 0.2) is 17.1 Å². The van der Waals surface area contributed by atoms with Crippen molar-refractivity contribution in [3.8, 4) is 17.6 Å². The van der Waals surface area contributed by atoms with Gasteiger partial charge in [-0.15, -0.1) is 15.0 Å². The van der Waals surface area contributed by atoms with Crippen LogP contribution in [0.15, 0.2) is 41.4 Å². The second-order valence-electron chi connectivity index (χ2n) is 5.17. The van der Waals surface area contributed by atoms with E-state index < -0.39 is 0 Å². The van der Waals surface area contributed by atoms with Gasteiger partial charge in [0, 0.05) is 0 Å². The van der Waals surface area contributed by atoms with Crippen molar-refractivity contribution in [2.24, 2.45) is 4.99 Å². The molecule has 0 fully saturated rings. The SMILES string of the molecule is COc1c(N=C(NC#N)SC)cc(C)cc1-n1nc2ccccc2n1. The number of fused-ring (bicyclic) bond motifs is 1. The molecule has 1 heterocycles. The van der Waals surface area contributed by atoms with Crippen molar-refractivity contribution in [3.63, 3.8) is 0 Å². The number of nitrogens with one attached hydrogen (secondary N) is 1. The zero-order valence-electron chi connectivity index (χ0n) is 14.0. The maximum absolute atomic E-state index is 8.83. The quantitative estimate of drug-likeness (QED) is 0.337. The van der Waals surface area contributed by atoms with Crippen LogP contribution in [0.2, 0.25) is 0 Å². The molecule has 1 aromatic heterocycles. The summed E-state index contributed by atoms with van der Waals surface area (Å²) in [5.41, 5.74) is 3.87. The van der Waals surface area contributed by atoms with Gasteiger partial charge in [-0.25, -0.2) is 4.99 Å². The molecule has 0 aliphatic carbocycles. The molecule has 2 aromatic carbocycles. The lowest BCUT2D eigenvalue weighted by atomic mass is 10.2. The summed E-state index contributed by atoms with van der Waals surface area (Å²) in [4.78, 5) is 6.04. The van der Waals surface area contributed by atoms with E-state index in [0.29, 0.717) is 22.3 Å². The van der Waals surface area contributed by atoms with Crippen LogP contribution in [0.25, 0.3) is 16.7 Å². The Morgan fingerprint density at radius 3 is 2.52 bits per heavy atom. The van der Waals surface area contributed by atoms with E-state index in [0.717, 1.165) is 16.6 Å². The number of rotatable bonds is 3. The van der Waals surface area contributed by atoms with Crippen LogP contribution in [0.1, 0.15) is 5.56 Å². The summed E-state index contributed by atoms with van der Waals surface area (Å²) < 4.78 is 5.58. The van der Waals surface area contributed by atoms with Gasteiger partial charge in [-0.05, 0) is 43.0 Å². The second kappa shape index (κ2) is 7.23. The number of aliphatic imine (C=N–C) groups is 1. The standard InChI is InChI=1S/C17H16N6OS/c1-11-8-14(20-17(25-3)19-10-18)16(24-2)15(9-11)23-21-12-6-4-5-7-13(12)22-23/h4-9H,1-3H3,(H,19,20). The summed E-state index contributed by atoms with van der Waals surface area (Å²) in [5.74, 6) is 0.539. The Balaban J connectivity index is 2.18. The minimum absolute atomic E-state index is 0.482. The Labute approximate surface area is 149 Å². The smallest absolute Gasteiger partial charge is 0.183 e. The monoisotopic (exact) mass is 352 g/mol. The van der Waals surface area contributed by atoms with Crippen LogP contribution in [0, 0.1) is 18.4 Å². The van der Waals surface area contributed by atoms with Gasteiger partial charge in [0.2, 0.25) is 0 Å². The molecule has 7 nitrogen and oxygen atoms in total. The highest BCUT2D eigenvalue weighted by Crippen LogP contribution is 2.35. The van der Waals surface area contributed by atoms with Gasteiger partial charge in [-0.3, -0.25) is 5.32 Å². The van der Waals surface area contributed by atoms with Gasteiger partial charge in [0.05, 0.1) is 7.11 Å². The highest BCUT2D eigenvalue weighted by atomic mass is 32.2. The number of aromatic nitrogens is 3. The van der Waals surface area contributed by atoms with E-state index in [1.54, 1.807) is 11.9 Å². The van der Waals surface area contributed by atoms with Gasteiger partial charge in [-0.1, -0.05) is 23.9 Å². The predicted molar refractivity (Wildman–Crippen MR) is 99.5 cm³/mol. The lowest BCUT2D eigenvalue weighted by Crippen LogP contribution is -2.12. The molecule has 0 saturated carbocycles. The summed E-state index contributed by atoms with van der Waals surface area (Å²) in [5, 5.41) is 20.9. The lowest BCUT2D eigenvalue weighted by Gasteiger charge is -2.12. The van der Waals surface area contributed by atoms with E-state index >= 15 is 0 Å². The van der Waals surface area contributed by atoms with Crippen molar-refractivity contribution < 1.29 is 4.74 Å². The molecule has 0 unspecified atom stereocenters. The van der Waals surface area contributed by atoms with Gasteiger partial charge < -0.3 is 4.74 Å². The molecule has 3 rings (SSSR count). The van der Waals surface area contributed by atoms with Crippen LogP contribution >= 0.6 is 11.8 Å². The van der Waals surface area contributed by atoms with E-state index in [2.05, 4.69) is 20.5 Å². The molecular weight excluding hydrogens is 336 g/mol. The number of nitriles is 1. The maximum Gasteiger partial charge on any atom is 0.183 e. The fourth-order valence-corrected chi connectivity index (χ4v) is 2.76. The minimum atomic E-state index is 0.482. The Kier molecular flexibility index (Phi) is 4.86. The number of methoxy groups -OCH3 is 1. The molecule has 126 valence electrons. The molecular formula is C17H16N6OS. The van der Waals surface area contributed by atoms with Crippen LogP contribution in [0.4, 0.5) is 5.69 Å². The van der Waals surface area contributed by atoms with E-state index in [-0.39, 0.29) is 0 Å². The van der Waals surface area contributed by atoms with Crippen LogP contribution in [0.3, 0.4) is 0 Å². The third kappa shape index (κ3) is 3.41. The van der Waals surface area contributed by atoms with Crippen molar-refractivity contribution in [1.29, 1.82) is 5.26 Å². The molecule has 0 amide bonds. The number of thioether (sulfide) groups is 1. The number of aryl methyl sites for hydroxylation is 1. The van der Waals surface area contributed by atoms with E-state index in [1.807, 2.05) is 55.8 Å². The van der Waals surface area contributed by atoms with Crippen LogP contribution < -0.4 is 10.1 Å². The average Bonchev–Trinajstić information content (AvgIpc) is 3.05. The summed E-state index contributed by atoms with van der Waals surface area (Å²) >= 11 is 1.34. The Morgan fingerprint density at radius 1 is 1.28 bits per heavy atom. The van der Waals surface area contributed by atoms with Crippen LogP contribution in [-0.2, 0) is 0 Å². The third-order valence-electron chi connectivity index (χ3n) is 3.48. The largest absolute Gasteiger partial charge is 0.492 e. The Hall–Kier alpha value is -3.05. The first-order valence-corrected chi connectivity index (χ1v) is 8.67. The Morgan fingerprint density at radius 2 is 1.96 bits per heavy atom. The van der Waals surface area contributed by atoms with Crippen LogP contribution in [-0.4, -0.2) is 33.5 Å². The summed E-state index contributed by atoms with van der Waals surface area (Å²) in [6.07, 6.45) is 3.72. The second-order valence-corrected chi connectivity index (χ2v) is 5.97. The third-order valence-corrected chi connectivity index (χ3v) is 4.06. The molecule has 0 saturated heterocycles. The highest BCUT2D eigenvalue weighted by Gasteiger charge is 2.15. The Bertz CT molecular complexity index is 955. The highest BCUT2D eigenvalue weighted by molar-refractivity contribution is 8.13. The molecule has 3 aromatic rings. The molecule has 0 aliphatic rings. The fourth-order valence-electron chi connectivity index (χ4n) is 2.43. The molecule has 0 atom stereocenters.